The lowest BCUT2D eigenvalue weighted by molar-refractivity contribution is -0.927. The fraction of sp³-hybridized carbons (Fsp3) is 0.274. The fourth-order valence-corrected chi connectivity index (χ4v) is 10.9. The minimum Gasteiger partial charge on any atom is -0.542 e. The number of halogens is 5. The van der Waals surface area contributed by atoms with Crippen LogP contribution in [0.15, 0.2) is 141 Å². The lowest BCUT2D eigenvalue weighted by Gasteiger charge is -2.41. The second-order valence-electron chi connectivity index (χ2n) is 20.1. The number of methoxy groups -OCH3 is 2. The average Bonchev–Trinajstić information content (AvgIpc) is 2.29. The molecular formula is C62H57ClF4N6O12S. The molecule has 0 N–H and O–H groups in total. The van der Waals surface area contributed by atoms with E-state index >= 15 is 0 Å². The van der Waals surface area contributed by atoms with Crippen LogP contribution in [0.4, 0.5) is 17.6 Å². The summed E-state index contributed by atoms with van der Waals surface area (Å²) in [5.41, 5.74) is 5.61. The summed E-state index contributed by atoms with van der Waals surface area (Å²) in [6.07, 6.45) is -3.37. The number of aliphatic carboxylic acids is 1. The Morgan fingerprint density at radius 1 is 0.826 bits per heavy atom. The molecule has 1 aliphatic rings. The second-order valence-corrected chi connectivity index (χ2v) is 21.5. The molecule has 5 aromatic carbocycles. The van der Waals surface area contributed by atoms with Gasteiger partial charge in [-0.05, 0) is 96.3 Å². The molecule has 0 bridgehead atoms. The number of hydrogen-bond acceptors (Lipinski definition) is 18. The van der Waals surface area contributed by atoms with Gasteiger partial charge in [0.2, 0.25) is 17.7 Å². The summed E-state index contributed by atoms with van der Waals surface area (Å²) in [5, 5.41) is 9.72. The Hall–Kier alpha value is -8.90. The minimum absolute atomic E-state index is 0.0148. The van der Waals surface area contributed by atoms with E-state index in [2.05, 4.69) is 16.9 Å². The molecule has 5 heterocycles. The number of carboxylic acid groups (broad SMARTS) is 1. The van der Waals surface area contributed by atoms with Crippen molar-refractivity contribution in [1.29, 1.82) is 0 Å². The smallest absolute Gasteiger partial charge is 0.519 e. The third-order valence-corrected chi connectivity index (χ3v) is 15.8. The molecule has 448 valence electrons. The molecule has 0 aliphatic carbocycles. The first-order chi connectivity index (χ1) is 41.3. The summed E-state index contributed by atoms with van der Waals surface area (Å²) in [6.45, 7) is 8.72. The molecule has 0 amide bonds. The Kier molecular flexibility index (Phi) is 19.7. The maximum atomic E-state index is 14.6. The van der Waals surface area contributed by atoms with Crippen LogP contribution in [-0.4, -0.2) is 114 Å². The lowest BCUT2D eigenvalue weighted by atomic mass is 9.96. The molecule has 0 radical (unpaired) electrons. The topological polar surface area (TPSA) is 211 Å². The van der Waals surface area contributed by atoms with Crippen molar-refractivity contribution in [3.05, 3.63) is 183 Å². The molecule has 1 aliphatic heterocycles. The number of nitrogens with zero attached hydrogens (tertiary/aromatic N) is 6. The molecule has 0 saturated carbocycles. The van der Waals surface area contributed by atoms with Crippen LogP contribution in [0.5, 0.6) is 28.9 Å². The van der Waals surface area contributed by atoms with Gasteiger partial charge in [-0.15, -0.1) is 11.3 Å². The number of likely N-dealkylation sites (N-methyl/N-ethyl adjacent to an activating group) is 1. The van der Waals surface area contributed by atoms with E-state index in [1.54, 1.807) is 57.7 Å². The summed E-state index contributed by atoms with van der Waals surface area (Å²) in [5.74, 6) is -0.696. The Morgan fingerprint density at radius 2 is 1.53 bits per heavy atom. The standard InChI is InChI=1S/C60H57ClFN6O10S.C2HF3O2/c1-37-45(22-23-49(54(37)61)73-31-28-67-26-29-68(3,30-27-67)33-51-38(2)76-60(70)78-51)52-53-57(64-36-65-58(53)79-55(52)40-16-18-42(62)19-17-40)77-50(59(69)75-34-39-14-20-44(71-4)21-15-39)32-41-10-6-8-12-47(41)74-35-43-24-25-63-56(66-43)46-11-7-9-13-48(46)72-5;3-2(4,5)1(6)7/h6-25,36,50H,26-35H2,1-5H3;(H,6,7)/q+1;/p-1/t50-;/m1./s1. The predicted molar refractivity (Wildman–Crippen MR) is 308 cm³/mol. The molecule has 9 aromatic rings. The molecule has 1 saturated heterocycles. The second kappa shape index (κ2) is 27.4. The molecule has 0 spiro atoms. The van der Waals surface area contributed by atoms with Crippen LogP contribution < -0.4 is 34.6 Å². The monoisotopic (exact) mass is 1220 g/mol. The summed E-state index contributed by atoms with van der Waals surface area (Å²) in [7, 11) is 5.34. The van der Waals surface area contributed by atoms with Gasteiger partial charge >= 0.3 is 18.0 Å². The van der Waals surface area contributed by atoms with Gasteiger partial charge in [0, 0.05) is 42.7 Å². The first-order valence-corrected chi connectivity index (χ1v) is 28.0. The Bertz CT molecular complexity index is 3890. The van der Waals surface area contributed by atoms with Crippen LogP contribution >= 0.6 is 22.9 Å². The van der Waals surface area contributed by atoms with Gasteiger partial charge in [0.1, 0.15) is 72.3 Å². The van der Waals surface area contributed by atoms with E-state index in [9.17, 15) is 27.2 Å². The number of carbonyl (C=O) groups is 2. The molecule has 10 rings (SSSR count). The maximum Gasteiger partial charge on any atom is 0.519 e. The van der Waals surface area contributed by atoms with Crippen molar-refractivity contribution in [2.45, 2.75) is 52.3 Å². The van der Waals surface area contributed by atoms with Crippen LogP contribution in [0.25, 0.3) is 43.2 Å². The van der Waals surface area contributed by atoms with Crippen LogP contribution in [-0.2, 0) is 40.5 Å². The molecule has 1 fully saturated rings. The van der Waals surface area contributed by atoms with E-state index in [1.165, 1.54) is 29.8 Å². The average molecular weight is 1220 g/mol. The third-order valence-electron chi connectivity index (χ3n) is 14.2. The SMILES string of the molecule is COc1ccc(COC(=O)[C@@H](Cc2ccccc2OCc2ccnc(-c3ccccc3OC)n2)Oc2ncnc3sc(-c4ccc(F)cc4)c(-c4ccc(OCCN5CC[N+](C)(Cc6oc(=O)oc6C)CC5)c(Cl)c4C)c23)cc1.O=C([O-])C(F)(F)F. The minimum atomic E-state index is -5.19. The number of ether oxygens (including phenoxy) is 6. The normalized spacial score (nSPS) is 13.5. The molecular weight excluding hydrogens is 1160 g/mol. The van der Waals surface area contributed by atoms with Crippen LogP contribution in [0, 0.1) is 19.7 Å². The number of thiophene rings is 1. The molecule has 24 heteroatoms. The first-order valence-electron chi connectivity index (χ1n) is 26.8. The van der Waals surface area contributed by atoms with E-state index in [1.807, 2.05) is 79.7 Å². The van der Waals surface area contributed by atoms with Crippen molar-refractivity contribution in [1.82, 2.24) is 24.8 Å². The Morgan fingerprint density at radius 3 is 2.22 bits per heavy atom. The number of alkyl halides is 3. The van der Waals surface area contributed by atoms with Crippen molar-refractivity contribution in [3.8, 4) is 61.8 Å². The third kappa shape index (κ3) is 15.1. The molecule has 1 atom stereocenters. The van der Waals surface area contributed by atoms with E-state index < -0.39 is 30.0 Å². The van der Waals surface area contributed by atoms with Crippen molar-refractivity contribution in [3.63, 3.8) is 0 Å². The number of aryl methyl sites for hydroxylation is 1. The van der Waals surface area contributed by atoms with Gasteiger partial charge in [-0.25, -0.2) is 33.9 Å². The first kappa shape index (κ1) is 61.7. The van der Waals surface area contributed by atoms with Gasteiger partial charge in [0.05, 0.1) is 56.0 Å². The highest BCUT2D eigenvalue weighted by Gasteiger charge is 2.33. The largest absolute Gasteiger partial charge is 0.542 e. The van der Waals surface area contributed by atoms with Gasteiger partial charge < -0.3 is 51.6 Å². The lowest BCUT2D eigenvalue weighted by Crippen LogP contribution is -2.57. The van der Waals surface area contributed by atoms with Crippen LogP contribution in [0.2, 0.25) is 5.02 Å². The highest BCUT2D eigenvalue weighted by atomic mass is 35.5. The van der Waals surface area contributed by atoms with Crippen LogP contribution in [0.3, 0.4) is 0 Å². The van der Waals surface area contributed by atoms with E-state index in [0.29, 0.717) is 97.7 Å². The van der Waals surface area contributed by atoms with E-state index in [-0.39, 0.29) is 31.3 Å². The fourth-order valence-electron chi connectivity index (χ4n) is 9.50. The highest BCUT2D eigenvalue weighted by Crippen LogP contribution is 2.50. The number of fused-ring (bicyclic) bond motifs is 1. The summed E-state index contributed by atoms with van der Waals surface area (Å²) >= 11 is 8.62. The van der Waals surface area contributed by atoms with Gasteiger partial charge in [-0.3, -0.25) is 4.90 Å². The van der Waals surface area contributed by atoms with Gasteiger partial charge in [-0.1, -0.05) is 72.3 Å². The quantitative estimate of drug-likeness (QED) is 0.0372. The number of carbonyl (C=O) groups excluding carboxylic acids is 2. The number of esters is 1. The van der Waals surface area contributed by atoms with Crippen molar-refractivity contribution < 1.29 is 74.0 Å². The zero-order valence-electron chi connectivity index (χ0n) is 47.2. The molecule has 18 nitrogen and oxygen atoms in total. The number of piperazine rings is 1. The van der Waals surface area contributed by atoms with E-state index in [4.69, 9.17) is 73.7 Å². The molecule has 4 aromatic heterocycles. The Balaban J connectivity index is 0.00000119. The number of quaternary nitrogens is 1. The number of aromatic nitrogens is 4. The van der Waals surface area contributed by atoms with Crippen molar-refractivity contribution >= 4 is 45.1 Å². The summed E-state index contributed by atoms with van der Waals surface area (Å²) in [6, 6.07) is 33.9. The number of benzene rings is 5. The Labute approximate surface area is 499 Å². The highest BCUT2D eigenvalue weighted by molar-refractivity contribution is 7.22. The zero-order valence-corrected chi connectivity index (χ0v) is 48.7. The molecule has 86 heavy (non-hydrogen) atoms. The number of rotatable bonds is 21. The number of hydrogen-bond donors (Lipinski definition) is 0. The number of para-hydroxylation sites is 2. The van der Waals surface area contributed by atoms with Crippen molar-refractivity contribution in [2.24, 2.45) is 0 Å². The number of carboxylic acids is 1. The zero-order chi connectivity index (χ0) is 61.1. The summed E-state index contributed by atoms with van der Waals surface area (Å²) < 4.78 is 93.8. The molecule has 0 unspecified atom stereocenters. The van der Waals surface area contributed by atoms with E-state index in [0.717, 1.165) is 57.8 Å². The van der Waals surface area contributed by atoms with Crippen molar-refractivity contribution in [2.75, 3.05) is 60.6 Å². The maximum absolute atomic E-state index is 14.6. The van der Waals surface area contributed by atoms with Gasteiger partial charge in [-0.2, -0.15) is 13.2 Å². The van der Waals surface area contributed by atoms with Crippen LogP contribution in [0.1, 0.15) is 33.9 Å². The van der Waals surface area contributed by atoms with Gasteiger partial charge in [0.15, 0.2) is 11.6 Å². The summed E-state index contributed by atoms with van der Waals surface area (Å²) in [4.78, 5) is 57.4. The predicted octanol–water partition coefficient (Wildman–Crippen LogP) is 10.4. The van der Waals surface area contributed by atoms with Gasteiger partial charge in [0.25, 0.3) is 0 Å².